The van der Waals surface area contributed by atoms with E-state index in [-0.39, 0.29) is 10.6 Å². The zero-order valence-electron chi connectivity index (χ0n) is 6.17. The summed E-state index contributed by atoms with van der Waals surface area (Å²) in [6.45, 7) is 1.73. The van der Waals surface area contributed by atoms with E-state index in [4.69, 9.17) is 0 Å². The van der Waals surface area contributed by atoms with Crippen LogP contribution in [-0.4, -0.2) is 4.92 Å². The summed E-state index contributed by atoms with van der Waals surface area (Å²) >= 11 is 5.20. The minimum atomic E-state index is -0.359. The van der Waals surface area contributed by atoms with E-state index in [1.165, 1.54) is 0 Å². The molecule has 1 rings (SSSR count). The van der Waals surface area contributed by atoms with Gasteiger partial charge in [0.25, 0.3) is 5.69 Å². The van der Waals surface area contributed by atoms with Crippen LogP contribution in [0.3, 0.4) is 0 Å². The van der Waals surface area contributed by atoms with Crippen LogP contribution in [0.1, 0.15) is 5.56 Å². The van der Waals surface area contributed by atoms with Crippen LogP contribution < -0.4 is 0 Å². The Morgan fingerprint density at radius 3 is 2.58 bits per heavy atom. The van der Waals surface area contributed by atoms with Gasteiger partial charge in [-0.2, -0.15) is 0 Å². The number of rotatable bonds is 1. The van der Waals surface area contributed by atoms with Crippen LogP contribution in [0.2, 0.25) is 0 Å². The maximum Gasteiger partial charge on any atom is 0.286 e. The van der Waals surface area contributed by atoms with Gasteiger partial charge < -0.3 is 0 Å². The fourth-order valence-corrected chi connectivity index (χ4v) is 1.97. The molecule has 12 heavy (non-hydrogen) atoms. The number of nitrogens with zero attached hydrogens (tertiary/aromatic N) is 1. The average molecular weight is 342 g/mol. The lowest BCUT2D eigenvalue weighted by Crippen LogP contribution is -1.95. The Morgan fingerprint density at radius 2 is 2.17 bits per heavy atom. The molecule has 0 saturated heterocycles. The lowest BCUT2D eigenvalue weighted by Gasteiger charge is -2.00. The monoisotopic (exact) mass is 341 g/mol. The highest BCUT2D eigenvalue weighted by Crippen LogP contribution is 2.30. The maximum absolute atomic E-state index is 10.6. The lowest BCUT2D eigenvalue weighted by molar-refractivity contribution is -0.386. The summed E-state index contributed by atoms with van der Waals surface area (Å²) in [5.74, 6) is 0. The fraction of sp³-hybridized carbons (Fsp3) is 0.143. The van der Waals surface area contributed by atoms with E-state index in [9.17, 15) is 10.1 Å². The molecule has 0 radical (unpaired) electrons. The molecule has 0 fully saturated rings. The SMILES string of the molecule is Cc1c(Br)ccc(I)c1[N+](=O)[O-]. The summed E-state index contributed by atoms with van der Waals surface area (Å²) in [5, 5.41) is 10.6. The van der Waals surface area contributed by atoms with E-state index in [2.05, 4.69) is 15.9 Å². The van der Waals surface area contributed by atoms with Gasteiger partial charge in [-0.05, 0) is 41.6 Å². The molecule has 0 aliphatic rings. The van der Waals surface area contributed by atoms with Crippen molar-refractivity contribution in [2.45, 2.75) is 6.92 Å². The van der Waals surface area contributed by atoms with Gasteiger partial charge in [0, 0.05) is 10.0 Å². The smallest absolute Gasteiger partial charge is 0.258 e. The maximum atomic E-state index is 10.6. The number of nitro benzene ring substituents is 1. The van der Waals surface area contributed by atoms with Gasteiger partial charge in [0.05, 0.1) is 8.49 Å². The Morgan fingerprint density at radius 1 is 1.58 bits per heavy atom. The van der Waals surface area contributed by atoms with Gasteiger partial charge in [0.15, 0.2) is 0 Å². The molecule has 0 unspecified atom stereocenters. The summed E-state index contributed by atoms with van der Waals surface area (Å²) in [6, 6.07) is 3.53. The first-order valence-electron chi connectivity index (χ1n) is 3.13. The van der Waals surface area contributed by atoms with Crippen molar-refractivity contribution >= 4 is 44.2 Å². The Kier molecular flexibility index (Phi) is 3.05. The van der Waals surface area contributed by atoms with Gasteiger partial charge in [0.1, 0.15) is 0 Å². The van der Waals surface area contributed by atoms with Gasteiger partial charge in [0.2, 0.25) is 0 Å². The minimum absolute atomic E-state index is 0.185. The van der Waals surface area contributed by atoms with Crippen LogP contribution in [0.5, 0.6) is 0 Å². The van der Waals surface area contributed by atoms with Crippen molar-refractivity contribution in [1.29, 1.82) is 0 Å². The molecular formula is C7H5BrINO2. The zero-order chi connectivity index (χ0) is 9.30. The molecule has 0 atom stereocenters. The normalized spacial score (nSPS) is 9.92. The molecular weight excluding hydrogens is 337 g/mol. The van der Waals surface area contributed by atoms with Crippen molar-refractivity contribution in [1.82, 2.24) is 0 Å². The molecule has 0 aliphatic carbocycles. The third-order valence-corrected chi connectivity index (χ3v) is 3.23. The summed E-state index contributed by atoms with van der Waals surface area (Å²) in [7, 11) is 0. The van der Waals surface area contributed by atoms with Gasteiger partial charge in [-0.15, -0.1) is 0 Å². The van der Waals surface area contributed by atoms with Gasteiger partial charge in [-0.25, -0.2) is 0 Å². The molecule has 0 N–H and O–H groups in total. The first kappa shape index (κ1) is 9.91. The second-order valence-corrected chi connectivity index (χ2v) is 4.28. The molecule has 0 spiro atoms. The summed E-state index contributed by atoms with van der Waals surface area (Å²) in [4.78, 5) is 10.2. The topological polar surface area (TPSA) is 43.1 Å². The number of halogens is 2. The van der Waals surface area contributed by atoms with Crippen LogP contribution in [-0.2, 0) is 0 Å². The molecule has 0 amide bonds. The van der Waals surface area contributed by atoms with Gasteiger partial charge >= 0.3 is 0 Å². The van der Waals surface area contributed by atoms with Crippen LogP contribution in [0.25, 0.3) is 0 Å². The van der Waals surface area contributed by atoms with Crippen molar-refractivity contribution in [3.63, 3.8) is 0 Å². The molecule has 1 aromatic carbocycles. The van der Waals surface area contributed by atoms with Crippen LogP contribution >= 0.6 is 38.5 Å². The van der Waals surface area contributed by atoms with E-state index in [1.54, 1.807) is 13.0 Å². The third-order valence-electron chi connectivity index (χ3n) is 1.50. The molecule has 0 saturated carbocycles. The first-order valence-corrected chi connectivity index (χ1v) is 5.00. The number of nitro groups is 1. The fourth-order valence-electron chi connectivity index (χ4n) is 0.867. The number of hydrogen-bond acceptors (Lipinski definition) is 2. The van der Waals surface area contributed by atoms with Crippen molar-refractivity contribution < 1.29 is 4.92 Å². The quantitative estimate of drug-likeness (QED) is 0.447. The second kappa shape index (κ2) is 3.69. The predicted octanol–water partition coefficient (Wildman–Crippen LogP) is 3.27. The molecule has 1 aromatic rings. The minimum Gasteiger partial charge on any atom is -0.258 e. The van der Waals surface area contributed by atoms with E-state index >= 15 is 0 Å². The number of hydrogen-bond donors (Lipinski definition) is 0. The molecule has 3 nitrogen and oxygen atoms in total. The molecule has 0 aromatic heterocycles. The number of benzene rings is 1. The third kappa shape index (κ3) is 1.77. The van der Waals surface area contributed by atoms with E-state index in [1.807, 2.05) is 28.7 Å². The Hall–Kier alpha value is -0.170. The molecule has 0 bridgehead atoms. The largest absolute Gasteiger partial charge is 0.286 e. The Bertz CT molecular complexity index is 340. The summed E-state index contributed by atoms with van der Waals surface area (Å²) < 4.78 is 1.44. The molecule has 5 heteroatoms. The summed E-state index contributed by atoms with van der Waals surface area (Å²) in [6.07, 6.45) is 0. The highest BCUT2D eigenvalue weighted by molar-refractivity contribution is 14.1. The zero-order valence-corrected chi connectivity index (χ0v) is 9.92. The van der Waals surface area contributed by atoms with Crippen molar-refractivity contribution in [2.24, 2.45) is 0 Å². The molecule has 64 valence electrons. The average Bonchev–Trinajstić information content (AvgIpc) is 1.97. The lowest BCUT2D eigenvalue weighted by atomic mass is 10.2. The standard InChI is InChI=1S/C7H5BrINO2/c1-4-5(8)2-3-6(9)7(4)10(11)12/h2-3H,1H3. The molecule has 0 aliphatic heterocycles. The molecule has 0 heterocycles. The highest BCUT2D eigenvalue weighted by Gasteiger charge is 2.16. The predicted molar refractivity (Wildman–Crippen MR) is 58.3 cm³/mol. The first-order chi connectivity index (χ1) is 5.54. The van der Waals surface area contributed by atoms with Crippen LogP contribution in [0.15, 0.2) is 16.6 Å². The van der Waals surface area contributed by atoms with E-state index < -0.39 is 0 Å². The van der Waals surface area contributed by atoms with Crippen molar-refractivity contribution in [2.75, 3.05) is 0 Å². The summed E-state index contributed by atoms with van der Waals surface area (Å²) in [5.41, 5.74) is 0.858. The van der Waals surface area contributed by atoms with Gasteiger partial charge in [-0.3, -0.25) is 10.1 Å². The highest BCUT2D eigenvalue weighted by atomic mass is 127. The van der Waals surface area contributed by atoms with Crippen LogP contribution in [0.4, 0.5) is 5.69 Å². The van der Waals surface area contributed by atoms with E-state index in [0.717, 1.165) is 4.47 Å². The van der Waals surface area contributed by atoms with Crippen molar-refractivity contribution in [3.05, 3.63) is 35.9 Å². The van der Waals surface area contributed by atoms with Gasteiger partial charge in [-0.1, -0.05) is 15.9 Å². The van der Waals surface area contributed by atoms with E-state index in [0.29, 0.717) is 9.13 Å². The second-order valence-electron chi connectivity index (χ2n) is 2.26. The Labute approximate surface area is 91.6 Å². The van der Waals surface area contributed by atoms with Crippen molar-refractivity contribution in [3.8, 4) is 0 Å². The Balaban J connectivity index is 3.43. The van der Waals surface area contributed by atoms with Crippen LogP contribution in [0, 0.1) is 20.6 Å².